The van der Waals surface area contributed by atoms with Crippen molar-refractivity contribution in [2.75, 3.05) is 20.2 Å². The highest BCUT2D eigenvalue weighted by Crippen LogP contribution is 1.85. The first-order valence-electron chi connectivity index (χ1n) is 4.01. The van der Waals surface area contributed by atoms with Crippen LogP contribution in [0.2, 0.25) is 0 Å². The normalized spacial score (nSPS) is 8.09. The van der Waals surface area contributed by atoms with Crippen LogP contribution in [0.25, 0.3) is 0 Å². The van der Waals surface area contributed by atoms with Crippen LogP contribution in [-0.4, -0.2) is 36.1 Å². The lowest BCUT2D eigenvalue weighted by Crippen LogP contribution is -2.25. The van der Waals surface area contributed by atoms with Crippen LogP contribution < -0.4 is 0 Å². The van der Waals surface area contributed by atoms with Crippen LogP contribution >= 0.6 is 0 Å². The Kier molecular flexibility index (Phi) is 11.2. The lowest BCUT2D eigenvalue weighted by molar-refractivity contribution is -0.127. The van der Waals surface area contributed by atoms with Crippen molar-refractivity contribution in [3.63, 3.8) is 0 Å². The summed E-state index contributed by atoms with van der Waals surface area (Å²) in [5.74, 6) is 0.0449. The van der Waals surface area contributed by atoms with Gasteiger partial charge < -0.3 is 10.0 Å². The number of carbonyl (C=O) groups is 1. The molecule has 0 rings (SSSR count). The van der Waals surface area contributed by atoms with Gasteiger partial charge in [-0.25, -0.2) is 0 Å². The average Bonchev–Trinajstić information content (AvgIpc) is 2.03. The Morgan fingerprint density at radius 2 is 1.91 bits per heavy atom. The van der Waals surface area contributed by atoms with E-state index >= 15 is 0 Å². The predicted molar refractivity (Wildman–Crippen MR) is 46.4 cm³/mol. The third kappa shape index (κ3) is 9.43. The SMILES string of the molecule is CC.CC(=O)N(C)CCCO. The van der Waals surface area contributed by atoms with Crippen LogP contribution in [0.4, 0.5) is 0 Å². The molecule has 0 aromatic rings. The molecule has 0 unspecified atom stereocenters. The second-order valence-corrected chi connectivity index (χ2v) is 2.02. The highest BCUT2D eigenvalue weighted by molar-refractivity contribution is 5.72. The van der Waals surface area contributed by atoms with Crippen molar-refractivity contribution in [2.24, 2.45) is 0 Å². The van der Waals surface area contributed by atoms with Crippen LogP contribution in [-0.2, 0) is 4.79 Å². The van der Waals surface area contributed by atoms with Crippen molar-refractivity contribution in [1.82, 2.24) is 4.90 Å². The number of aliphatic hydroxyl groups excluding tert-OH is 1. The maximum atomic E-state index is 10.5. The summed E-state index contributed by atoms with van der Waals surface area (Å²) in [7, 11) is 1.72. The zero-order chi connectivity index (χ0) is 9.28. The molecule has 68 valence electrons. The monoisotopic (exact) mass is 161 g/mol. The van der Waals surface area contributed by atoms with Gasteiger partial charge in [0.05, 0.1) is 0 Å². The molecule has 1 N–H and O–H groups in total. The first kappa shape index (κ1) is 13.1. The molecule has 0 aromatic carbocycles. The lowest BCUT2D eigenvalue weighted by Gasteiger charge is -2.12. The van der Waals surface area contributed by atoms with Gasteiger partial charge in [-0.15, -0.1) is 0 Å². The summed E-state index contributed by atoms with van der Waals surface area (Å²) in [5.41, 5.74) is 0. The van der Waals surface area contributed by atoms with E-state index in [1.165, 1.54) is 6.92 Å². The van der Waals surface area contributed by atoms with Gasteiger partial charge in [-0.1, -0.05) is 13.8 Å². The Hall–Kier alpha value is -0.570. The van der Waals surface area contributed by atoms with Gasteiger partial charge in [0.15, 0.2) is 0 Å². The fraction of sp³-hybridized carbons (Fsp3) is 0.875. The van der Waals surface area contributed by atoms with Gasteiger partial charge in [-0.05, 0) is 6.42 Å². The number of hydrogen-bond donors (Lipinski definition) is 1. The van der Waals surface area contributed by atoms with Crippen LogP contribution in [0.1, 0.15) is 27.2 Å². The molecule has 0 fully saturated rings. The summed E-state index contributed by atoms with van der Waals surface area (Å²) in [6, 6.07) is 0. The van der Waals surface area contributed by atoms with E-state index in [1.807, 2.05) is 13.8 Å². The summed E-state index contributed by atoms with van der Waals surface area (Å²) in [6.07, 6.45) is 0.663. The first-order chi connectivity index (χ1) is 5.18. The van der Waals surface area contributed by atoms with E-state index in [2.05, 4.69) is 0 Å². The van der Waals surface area contributed by atoms with Gasteiger partial charge in [-0.3, -0.25) is 4.79 Å². The van der Waals surface area contributed by atoms with Gasteiger partial charge in [-0.2, -0.15) is 0 Å². The summed E-state index contributed by atoms with van der Waals surface area (Å²) >= 11 is 0. The van der Waals surface area contributed by atoms with Crippen molar-refractivity contribution in [1.29, 1.82) is 0 Å². The Labute approximate surface area is 69.0 Å². The average molecular weight is 161 g/mol. The Morgan fingerprint density at radius 1 is 1.45 bits per heavy atom. The maximum Gasteiger partial charge on any atom is 0.219 e. The van der Waals surface area contributed by atoms with Gasteiger partial charge in [0, 0.05) is 27.1 Å². The van der Waals surface area contributed by atoms with E-state index < -0.39 is 0 Å². The predicted octanol–water partition coefficient (Wildman–Crippen LogP) is 0.873. The maximum absolute atomic E-state index is 10.5. The molecular weight excluding hydrogens is 142 g/mol. The van der Waals surface area contributed by atoms with Gasteiger partial charge in [0.25, 0.3) is 0 Å². The van der Waals surface area contributed by atoms with Crippen molar-refractivity contribution in [2.45, 2.75) is 27.2 Å². The minimum absolute atomic E-state index is 0.0449. The molecule has 1 amide bonds. The fourth-order valence-electron chi connectivity index (χ4n) is 0.465. The number of hydrogen-bond acceptors (Lipinski definition) is 2. The van der Waals surface area contributed by atoms with Crippen molar-refractivity contribution in [3.8, 4) is 0 Å². The van der Waals surface area contributed by atoms with Gasteiger partial charge in [0.2, 0.25) is 5.91 Å². The van der Waals surface area contributed by atoms with Crippen LogP contribution in [0.15, 0.2) is 0 Å². The molecule has 0 bridgehead atoms. The van der Waals surface area contributed by atoms with Crippen LogP contribution in [0.5, 0.6) is 0 Å². The topological polar surface area (TPSA) is 40.5 Å². The molecule has 0 spiro atoms. The van der Waals surface area contributed by atoms with E-state index in [1.54, 1.807) is 11.9 Å². The largest absolute Gasteiger partial charge is 0.396 e. The molecule has 0 atom stereocenters. The van der Waals surface area contributed by atoms with Crippen LogP contribution in [0, 0.1) is 0 Å². The number of carbonyl (C=O) groups excluding carboxylic acids is 1. The zero-order valence-electron chi connectivity index (χ0n) is 7.92. The Bertz CT molecular complexity index is 94.1. The summed E-state index contributed by atoms with van der Waals surface area (Å²) in [6.45, 7) is 6.31. The number of nitrogens with zero attached hydrogens (tertiary/aromatic N) is 1. The summed E-state index contributed by atoms with van der Waals surface area (Å²) < 4.78 is 0. The van der Waals surface area contributed by atoms with Crippen molar-refractivity contribution < 1.29 is 9.90 Å². The second kappa shape index (κ2) is 9.43. The summed E-state index contributed by atoms with van der Waals surface area (Å²) in [4.78, 5) is 12.1. The van der Waals surface area contributed by atoms with E-state index in [0.29, 0.717) is 13.0 Å². The number of rotatable bonds is 3. The molecule has 11 heavy (non-hydrogen) atoms. The molecule has 3 heteroatoms. The first-order valence-corrected chi connectivity index (χ1v) is 4.01. The van der Waals surface area contributed by atoms with Gasteiger partial charge >= 0.3 is 0 Å². The van der Waals surface area contributed by atoms with E-state index in [0.717, 1.165) is 0 Å². The third-order valence-electron chi connectivity index (χ3n) is 1.19. The zero-order valence-corrected chi connectivity index (χ0v) is 7.92. The van der Waals surface area contributed by atoms with Crippen molar-refractivity contribution >= 4 is 5.91 Å². The molecule has 3 nitrogen and oxygen atoms in total. The minimum Gasteiger partial charge on any atom is -0.396 e. The molecule has 0 saturated carbocycles. The van der Waals surface area contributed by atoms with E-state index in [-0.39, 0.29) is 12.5 Å². The van der Waals surface area contributed by atoms with Gasteiger partial charge in [0.1, 0.15) is 0 Å². The molecule has 0 radical (unpaired) electrons. The number of aliphatic hydroxyl groups is 1. The quantitative estimate of drug-likeness (QED) is 0.667. The second-order valence-electron chi connectivity index (χ2n) is 2.02. The van der Waals surface area contributed by atoms with E-state index in [4.69, 9.17) is 5.11 Å². The summed E-state index contributed by atoms with van der Waals surface area (Å²) in [5, 5.41) is 8.36. The minimum atomic E-state index is 0.0449. The van der Waals surface area contributed by atoms with Crippen molar-refractivity contribution in [3.05, 3.63) is 0 Å². The molecule has 0 aromatic heterocycles. The molecule has 0 heterocycles. The highest BCUT2D eigenvalue weighted by Gasteiger charge is 1.98. The molecule has 0 saturated heterocycles. The molecule has 0 aliphatic heterocycles. The Balaban J connectivity index is 0. The smallest absolute Gasteiger partial charge is 0.219 e. The fourth-order valence-corrected chi connectivity index (χ4v) is 0.465. The molecule has 0 aliphatic rings. The standard InChI is InChI=1S/C6H13NO2.C2H6/c1-6(9)7(2)4-3-5-8;1-2/h8H,3-5H2,1-2H3;1-2H3. The molecular formula is C8H19NO2. The highest BCUT2D eigenvalue weighted by atomic mass is 16.3. The van der Waals surface area contributed by atoms with E-state index in [9.17, 15) is 4.79 Å². The molecule has 0 aliphatic carbocycles. The number of amides is 1. The Morgan fingerprint density at radius 3 is 2.18 bits per heavy atom. The third-order valence-corrected chi connectivity index (χ3v) is 1.19. The van der Waals surface area contributed by atoms with Crippen LogP contribution in [0.3, 0.4) is 0 Å². The lowest BCUT2D eigenvalue weighted by atomic mass is 10.4.